The molecular weight excluding hydrogens is 190 g/mol. The first-order chi connectivity index (χ1) is 7.29. The van der Waals surface area contributed by atoms with Gasteiger partial charge in [-0.25, -0.2) is 0 Å². The maximum absolute atomic E-state index is 11.6. The number of nitrogens with one attached hydrogen (secondary N) is 1. The summed E-state index contributed by atoms with van der Waals surface area (Å²) in [5.74, 6) is 2.59. The number of amides is 1. The lowest BCUT2D eigenvalue weighted by molar-refractivity contribution is -0.122. The van der Waals surface area contributed by atoms with Gasteiger partial charge in [0.25, 0.3) is 0 Å². The average molecular weight is 211 g/mol. The minimum atomic E-state index is 0.161. The fourth-order valence-electron chi connectivity index (χ4n) is 3.24. The van der Waals surface area contributed by atoms with Crippen LogP contribution in [-0.4, -0.2) is 24.2 Å². The van der Waals surface area contributed by atoms with E-state index in [2.05, 4.69) is 5.32 Å². The maximum Gasteiger partial charge on any atom is 0.220 e. The Bertz CT molecular complexity index is 230. The molecule has 3 nitrogen and oxygen atoms in total. The molecule has 15 heavy (non-hydrogen) atoms. The van der Waals surface area contributed by atoms with Crippen LogP contribution in [0.2, 0.25) is 0 Å². The van der Waals surface area contributed by atoms with Crippen LogP contribution in [0.15, 0.2) is 0 Å². The Labute approximate surface area is 91.2 Å². The van der Waals surface area contributed by atoms with Gasteiger partial charge in [0.2, 0.25) is 5.91 Å². The van der Waals surface area contributed by atoms with Gasteiger partial charge in [0, 0.05) is 19.6 Å². The van der Waals surface area contributed by atoms with Crippen LogP contribution in [0.5, 0.6) is 0 Å². The minimum Gasteiger partial charge on any atom is -0.396 e. The van der Waals surface area contributed by atoms with Crippen molar-refractivity contribution < 1.29 is 9.90 Å². The fourth-order valence-corrected chi connectivity index (χ4v) is 3.24. The minimum absolute atomic E-state index is 0.161. The van der Waals surface area contributed by atoms with E-state index in [0.717, 1.165) is 11.8 Å². The zero-order valence-electron chi connectivity index (χ0n) is 9.24. The lowest BCUT2D eigenvalue weighted by Gasteiger charge is -2.20. The van der Waals surface area contributed by atoms with Crippen molar-refractivity contribution in [3.05, 3.63) is 0 Å². The summed E-state index contributed by atoms with van der Waals surface area (Å²) in [6.07, 6.45) is 6.77. The Hall–Kier alpha value is -0.570. The lowest BCUT2D eigenvalue weighted by atomic mass is 9.86. The number of carbonyl (C=O) groups is 1. The normalized spacial score (nSPS) is 33.3. The largest absolute Gasteiger partial charge is 0.396 e. The molecule has 0 aromatic heterocycles. The second-order valence-corrected chi connectivity index (χ2v) is 5.07. The van der Waals surface area contributed by atoms with E-state index in [0.29, 0.717) is 25.3 Å². The zero-order chi connectivity index (χ0) is 10.7. The van der Waals surface area contributed by atoms with Gasteiger partial charge in [-0.2, -0.15) is 0 Å². The van der Waals surface area contributed by atoms with Gasteiger partial charge in [-0.05, 0) is 43.4 Å². The summed E-state index contributed by atoms with van der Waals surface area (Å²) < 4.78 is 0. The van der Waals surface area contributed by atoms with Gasteiger partial charge in [0.15, 0.2) is 0 Å². The fraction of sp³-hybridized carbons (Fsp3) is 0.917. The number of hydrogen-bond donors (Lipinski definition) is 2. The van der Waals surface area contributed by atoms with Crippen molar-refractivity contribution in [2.24, 2.45) is 17.8 Å². The van der Waals surface area contributed by atoms with Gasteiger partial charge < -0.3 is 10.4 Å². The van der Waals surface area contributed by atoms with E-state index >= 15 is 0 Å². The Morgan fingerprint density at radius 3 is 2.80 bits per heavy atom. The van der Waals surface area contributed by atoms with Crippen molar-refractivity contribution in [1.82, 2.24) is 5.32 Å². The summed E-state index contributed by atoms with van der Waals surface area (Å²) in [6.45, 7) is 0.782. The number of rotatable bonds is 5. The standard InChI is InChI=1S/C12H21NO2/c14-5-1-4-13-12(15)8-11-7-9-2-3-10(11)6-9/h9-11,14H,1-8H2,(H,13,15). The quantitative estimate of drug-likeness (QED) is 0.674. The Morgan fingerprint density at radius 1 is 1.33 bits per heavy atom. The summed E-state index contributed by atoms with van der Waals surface area (Å²) in [4.78, 5) is 11.6. The van der Waals surface area contributed by atoms with Gasteiger partial charge in [0.1, 0.15) is 0 Å². The topological polar surface area (TPSA) is 49.3 Å². The van der Waals surface area contributed by atoms with E-state index < -0.39 is 0 Å². The second kappa shape index (κ2) is 4.97. The summed E-state index contributed by atoms with van der Waals surface area (Å²) in [7, 11) is 0. The molecule has 3 unspecified atom stereocenters. The van der Waals surface area contributed by atoms with Gasteiger partial charge in [-0.1, -0.05) is 6.42 Å². The Morgan fingerprint density at radius 2 is 2.20 bits per heavy atom. The van der Waals surface area contributed by atoms with Crippen LogP contribution in [0.25, 0.3) is 0 Å². The van der Waals surface area contributed by atoms with Crippen LogP contribution in [-0.2, 0) is 4.79 Å². The summed E-state index contributed by atoms with van der Waals surface area (Å²) in [5, 5.41) is 11.5. The first-order valence-electron chi connectivity index (χ1n) is 6.17. The van der Waals surface area contributed by atoms with Crippen molar-refractivity contribution in [3.8, 4) is 0 Å². The monoisotopic (exact) mass is 211 g/mol. The smallest absolute Gasteiger partial charge is 0.220 e. The third kappa shape index (κ3) is 2.71. The van der Waals surface area contributed by atoms with Crippen molar-refractivity contribution >= 4 is 5.91 Å². The molecule has 0 aliphatic heterocycles. The molecule has 1 amide bonds. The highest BCUT2D eigenvalue weighted by atomic mass is 16.3. The van der Waals surface area contributed by atoms with E-state index in [9.17, 15) is 4.79 Å². The molecule has 0 aromatic carbocycles. The summed E-state index contributed by atoms with van der Waals surface area (Å²) in [6, 6.07) is 0. The molecule has 2 aliphatic rings. The predicted molar refractivity (Wildman–Crippen MR) is 58.3 cm³/mol. The number of fused-ring (bicyclic) bond motifs is 2. The van der Waals surface area contributed by atoms with Crippen molar-refractivity contribution in [2.75, 3.05) is 13.2 Å². The molecule has 0 spiro atoms. The van der Waals surface area contributed by atoms with Crippen LogP contribution < -0.4 is 5.32 Å². The van der Waals surface area contributed by atoms with Crippen LogP contribution in [0.4, 0.5) is 0 Å². The average Bonchev–Trinajstić information content (AvgIpc) is 2.79. The molecule has 0 saturated heterocycles. The van der Waals surface area contributed by atoms with Gasteiger partial charge in [0.05, 0.1) is 0 Å². The van der Waals surface area contributed by atoms with E-state index in [-0.39, 0.29) is 12.5 Å². The molecule has 3 heteroatoms. The molecule has 0 radical (unpaired) electrons. The summed E-state index contributed by atoms with van der Waals surface area (Å²) in [5.41, 5.74) is 0. The Balaban J connectivity index is 1.66. The highest BCUT2D eigenvalue weighted by Crippen LogP contribution is 2.49. The van der Waals surface area contributed by atoms with E-state index in [1.54, 1.807) is 0 Å². The number of hydrogen-bond acceptors (Lipinski definition) is 2. The first kappa shape index (κ1) is 10.9. The molecule has 0 aromatic rings. The van der Waals surface area contributed by atoms with Gasteiger partial charge in [-0.3, -0.25) is 4.79 Å². The first-order valence-corrected chi connectivity index (χ1v) is 6.17. The van der Waals surface area contributed by atoms with Crippen LogP contribution in [0.1, 0.15) is 38.5 Å². The third-order valence-corrected chi connectivity index (χ3v) is 3.99. The molecule has 2 N–H and O–H groups in total. The molecule has 2 rings (SSSR count). The van der Waals surface area contributed by atoms with Crippen molar-refractivity contribution in [3.63, 3.8) is 0 Å². The number of carbonyl (C=O) groups excluding carboxylic acids is 1. The molecule has 86 valence electrons. The molecule has 2 fully saturated rings. The SMILES string of the molecule is O=C(CC1CC2CCC1C2)NCCCO. The number of aliphatic hydroxyl groups is 1. The molecule has 2 bridgehead atoms. The molecule has 2 saturated carbocycles. The lowest BCUT2D eigenvalue weighted by Crippen LogP contribution is -2.28. The van der Waals surface area contributed by atoms with Crippen LogP contribution >= 0.6 is 0 Å². The van der Waals surface area contributed by atoms with E-state index in [1.165, 1.54) is 25.7 Å². The third-order valence-electron chi connectivity index (χ3n) is 3.99. The van der Waals surface area contributed by atoms with Crippen molar-refractivity contribution in [2.45, 2.75) is 38.5 Å². The molecule has 3 atom stereocenters. The number of aliphatic hydroxyl groups excluding tert-OH is 1. The second-order valence-electron chi connectivity index (χ2n) is 5.07. The summed E-state index contributed by atoms with van der Waals surface area (Å²) >= 11 is 0. The van der Waals surface area contributed by atoms with E-state index in [4.69, 9.17) is 5.11 Å². The van der Waals surface area contributed by atoms with Gasteiger partial charge in [-0.15, -0.1) is 0 Å². The highest BCUT2D eigenvalue weighted by Gasteiger charge is 2.39. The van der Waals surface area contributed by atoms with E-state index in [1.807, 2.05) is 0 Å². The van der Waals surface area contributed by atoms with Gasteiger partial charge >= 0.3 is 0 Å². The maximum atomic E-state index is 11.6. The van der Waals surface area contributed by atoms with Crippen molar-refractivity contribution in [1.29, 1.82) is 0 Å². The van der Waals surface area contributed by atoms with Crippen LogP contribution in [0, 0.1) is 17.8 Å². The molecular formula is C12H21NO2. The molecule has 2 aliphatic carbocycles. The predicted octanol–water partition coefficient (Wildman–Crippen LogP) is 1.31. The zero-order valence-corrected chi connectivity index (χ0v) is 9.24. The molecule has 0 heterocycles. The highest BCUT2D eigenvalue weighted by molar-refractivity contribution is 5.76. The van der Waals surface area contributed by atoms with Crippen LogP contribution in [0.3, 0.4) is 0 Å². The Kier molecular flexibility index (Phi) is 3.62.